The zero-order valence-electron chi connectivity index (χ0n) is 8.79. The highest BCUT2D eigenvalue weighted by Crippen LogP contribution is 2.19. The molecule has 2 aromatic rings. The van der Waals surface area contributed by atoms with Crippen LogP contribution in [-0.2, 0) is 6.61 Å². The minimum absolute atomic E-state index is 0.0378. The van der Waals surface area contributed by atoms with Crippen molar-refractivity contribution in [2.24, 2.45) is 0 Å². The van der Waals surface area contributed by atoms with Gasteiger partial charge in [-0.1, -0.05) is 29.8 Å². The lowest BCUT2D eigenvalue weighted by Crippen LogP contribution is -2.00. The Morgan fingerprint density at radius 1 is 1.06 bits per heavy atom. The first-order valence-corrected chi connectivity index (χ1v) is 5.36. The van der Waals surface area contributed by atoms with Gasteiger partial charge in [-0.05, 0) is 24.3 Å². The van der Waals surface area contributed by atoms with Crippen LogP contribution < -0.4 is 4.74 Å². The molecule has 2 aromatic carbocycles. The summed E-state index contributed by atoms with van der Waals surface area (Å²) in [5.74, 6) is -1.24. The van der Waals surface area contributed by atoms with Crippen LogP contribution >= 0.6 is 11.6 Å². The van der Waals surface area contributed by atoms with E-state index in [1.807, 2.05) is 0 Å². The van der Waals surface area contributed by atoms with Crippen molar-refractivity contribution in [3.8, 4) is 5.75 Å². The lowest BCUT2D eigenvalue weighted by atomic mass is 10.2. The topological polar surface area (TPSA) is 9.23 Å². The Balaban J connectivity index is 2.10. The summed E-state index contributed by atoms with van der Waals surface area (Å²) in [5.41, 5.74) is 0.171. The van der Waals surface area contributed by atoms with Crippen LogP contribution in [0, 0.1) is 11.6 Å². The van der Waals surface area contributed by atoms with Crippen molar-refractivity contribution in [2.45, 2.75) is 6.61 Å². The summed E-state index contributed by atoms with van der Waals surface area (Å²) in [6.45, 7) is -0.0378. The first kappa shape index (κ1) is 11.9. The third kappa shape index (κ3) is 2.94. The summed E-state index contributed by atoms with van der Waals surface area (Å²) in [7, 11) is 0. The maximum absolute atomic E-state index is 13.3. The second kappa shape index (κ2) is 5.15. The second-order valence-corrected chi connectivity index (χ2v) is 3.90. The first-order valence-electron chi connectivity index (χ1n) is 4.98. The summed E-state index contributed by atoms with van der Waals surface area (Å²) in [4.78, 5) is 0. The van der Waals surface area contributed by atoms with Crippen LogP contribution in [-0.4, -0.2) is 0 Å². The summed E-state index contributed by atoms with van der Waals surface area (Å²) < 4.78 is 31.5. The van der Waals surface area contributed by atoms with Crippen molar-refractivity contribution in [3.05, 3.63) is 64.7 Å². The molecule has 2 rings (SSSR count). The van der Waals surface area contributed by atoms with Crippen molar-refractivity contribution in [1.82, 2.24) is 0 Å². The molecule has 88 valence electrons. The standard InChI is InChI=1S/C13H9ClF2O/c14-10-4-2-5-11(7-10)17-8-9-3-1-6-12(15)13(9)16/h1-7H,8H2. The molecule has 0 N–H and O–H groups in total. The van der Waals surface area contributed by atoms with Gasteiger partial charge in [-0.2, -0.15) is 0 Å². The van der Waals surface area contributed by atoms with Crippen LogP contribution in [0.25, 0.3) is 0 Å². The number of hydrogen-bond acceptors (Lipinski definition) is 1. The maximum atomic E-state index is 13.3. The van der Waals surface area contributed by atoms with Gasteiger partial charge in [0.25, 0.3) is 0 Å². The second-order valence-electron chi connectivity index (χ2n) is 3.46. The maximum Gasteiger partial charge on any atom is 0.165 e. The molecule has 0 radical (unpaired) electrons. The van der Waals surface area contributed by atoms with Gasteiger partial charge in [0.05, 0.1) is 0 Å². The van der Waals surface area contributed by atoms with Gasteiger partial charge in [0.15, 0.2) is 11.6 Å². The molecule has 0 aliphatic heterocycles. The van der Waals surface area contributed by atoms with Gasteiger partial charge in [0.1, 0.15) is 12.4 Å². The first-order chi connectivity index (χ1) is 8.16. The third-order valence-electron chi connectivity index (χ3n) is 2.22. The molecule has 0 saturated carbocycles. The number of halogens is 3. The van der Waals surface area contributed by atoms with E-state index >= 15 is 0 Å². The molecule has 0 saturated heterocycles. The van der Waals surface area contributed by atoms with E-state index in [9.17, 15) is 8.78 Å². The SMILES string of the molecule is Fc1cccc(COc2cccc(Cl)c2)c1F. The smallest absolute Gasteiger partial charge is 0.165 e. The van der Waals surface area contributed by atoms with Gasteiger partial charge in [-0.25, -0.2) is 8.78 Å². The fourth-order valence-electron chi connectivity index (χ4n) is 1.38. The minimum atomic E-state index is -0.880. The number of ether oxygens (including phenoxy) is 1. The average Bonchev–Trinajstić information content (AvgIpc) is 2.31. The quantitative estimate of drug-likeness (QED) is 0.798. The van der Waals surface area contributed by atoms with E-state index in [-0.39, 0.29) is 12.2 Å². The van der Waals surface area contributed by atoms with Gasteiger partial charge in [-0.15, -0.1) is 0 Å². The van der Waals surface area contributed by atoms with Gasteiger partial charge < -0.3 is 4.74 Å². The molecule has 0 aromatic heterocycles. The van der Waals surface area contributed by atoms with Crippen LogP contribution in [0.5, 0.6) is 5.75 Å². The molecule has 0 fully saturated rings. The minimum Gasteiger partial charge on any atom is -0.489 e. The highest BCUT2D eigenvalue weighted by Gasteiger charge is 2.07. The predicted octanol–water partition coefficient (Wildman–Crippen LogP) is 4.20. The number of rotatable bonds is 3. The molecule has 0 bridgehead atoms. The third-order valence-corrected chi connectivity index (χ3v) is 2.46. The summed E-state index contributed by atoms with van der Waals surface area (Å²) >= 11 is 5.77. The highest BCUT2D eigenvalue weighted by atomic mass is 35.5. The molecular formula is C13H9ClF2O. The molecule has 0 amide bonds. The molecule has 0 spiro atoms. The largest absolute Gasteiger partial charge is 0.489 e. The Bertz CT molecular complexity index is 529. The van der Waals surface area contributed by atoms with Crippen LogP contribution in [0.3, 0.4) is 0 Å². The van der Waals surface area contributed by atoms with Gasteiger partial charge in [-0.3, -0.25) is 0 Å². The van der Waals surface area contributed by atoms with Crippen LogP contribution in [0.2, 0.25) is 5.02 Å². The lowest BCUT2D eigenvalue weighted by molar-refractivity contribution is 0.297. The van der Waals surface area contributed by atoms with Gasteiger partial charge >= 0.3 is 0 Å². The van der Waals surface area contributed by atoms with Crippen LogP contribution in [0.15, 0.2) is 42.5 Å². The summed E-state index contributed by atoms with van der Waals surface area (Å²) in [6, 6.07) is 10.7. The van der Waals surface area contributed by atoms with Crippen molar-refractivity contribution in [2.75, 3.05) is 0 Å². The van der Waals surface area contributed by atoms with Gasteiger partial charge in [0.2, 0.25) is 0 Å². The molecule has 0 heterocycles. The monoisotopic (exact) mass is 254 g/mol. The van der Waals surface area contributed by atoms with Gasteiger partial charge in [0, 0.05) is 10.6 Å². The molecule has 0 aliphatic rings. The Morgan fingerprint density at radius 3 is 2.59 bits per heavy atom. The summed E-state index contributed by atoms with van der Waals surface area (Å²) in [5, 5.41) is 0.530. The average molecular weight is 255 g/mol. The fourth-order valence-corrected chi connectivity index (χ4v) is 1.56. The van der Waals surface area contributed by atoms with Crippen molar-refractivity contribution in [1.29, 1.82) is 0 Å². The van der Waals surface area contributed by atoms with Crippen LogP contribution in [0.1, 0.15) is 5.56 Å². The van der Waals surface area contributed by atoms with E-state index < -0.39 is 11.6 Å². The molecule has 0 atom stereocenters. The molecule has 1 nitrogen and oxygen atoms in total. The Labute approximate surface area is 103 Å². The fraction of sp³-hybridized carbons (Fsp3) is 0.0769. The van der Waals surface area contributed by atoms with Crippen molar-refractivity contribution < 1.29 is 13.5 Å². The normalized spacial score (nSPS) is 10.3. The Hall–Kier alpha value is -1.61. The molecule has 0 aliphatic carbocycles. The zero-order chi connectivity index (χ0) is 12.3. The van der Waals surface area contributed by atoms with E-state index in [1.54, 1.807) is 24.3 Å². The van der Waals surface area contributed by atoms with Crippen molar-refractivity contribution >= 4 is 11.6 Å². The number of benzene rings is 2. The number of hydrogen-bond donors (Lipinski definition) is 0. The van der Waals surface area contributed by atoms with Crippen molar-refractivity contribution in [3.63, 3.8) is 0 Å². The lowest BCUT2D eigenvalue weighted by Gasteiger charge is -2.07. The molecular weight excluding hydrogens is 246 g/mol. The van der Waals surface area contributed by atoms with E-state index in [1.165, 1.54) is 12.1 Å². The Morgan fingerprint density at radius 2 is 1.82 bits per heavy atom. The molecule has 17 heavy (non-hydrogen) atoms. The highest BCUT2D eigenvalue weighted by molar-refractivity contribution is 6.30. The summed E-state index contributed by atoms with van der Waals surface area (Å²) in [6.07, 6.45) is 0. The molecule has 4 heteroatoms. The van der Waals surface area contributed by atoms with E-state index in [2.05, 4.69) is 0 Å². The Kier molecular flexibility index (Phi) is 3.59. The van der Waals surface area contributed by atoms with E-state index in [4.69, 9.17) is 16.3 Å². The predicted molar refractivity (Wildman–Crippen MR) is 62.1 cm³/mol. The zero-order valence-corrected chi connectivity index (χ0v) is 9.55. The van der Waals surface area contributed by atoms with E-state index in [0.29, 0.717) is 10.8 Å². The van der Waals surface area contributed by atoms with Crippen LogP contribution in [0.4, 0.5) is 8.78 Å². The molecule has 0 unspecified atom stereocenters. The van der Waals surface area contributed by atoms with E-state index in [0.717, 1.165) is 6.07 Å².